The molecule has 18 heavy (non-hydrogen) atoms. The maximum Gasteiger partial charge on any atom is 0.0794 e. The Bertz CT molecular complexity index is 386. The fraction of sp³-hybridized carbons (Fsp3) is 0.600. The summed E-state index contributed by atoms with van der Waals surface area (Å²) in [6.07, 6.45) is 2.89. The molecule has 2 rings (SSSR count). The van der Waals surface area contributed by atoms with Gasteiger partial charge in [-0.15, -0.1) is 0 Å². The number of nitrogens with zero attached hydrogens (tertiary/aromatic N) is 1. The number of hydrogen-bond acceptors (Lipinski definition) is 3. The molecule has 2 atom stereocenters. The molecular weight excluding hydrogens is 224 g/mol. The first-order chi connectivity index (χ1) is 8.52. The van der Waals surface area contributed by atoms with E-state index < -0.39 is 5.60 Å². The summed E-state index contributed by atoms with van der Waals surface area (Å²) in [4.78, 5) is 2.25. The summed E-state index contributed by atoms with van der Waals surface area (Å²) < 4.78 is 0. The number of piperidine rings is 1. The Morgan fingerprint density at radius 2 is 2.06 bits per heavy atom. The summed E-state index contributed by atoms with van der Waals surface area (Å²) in [6, 6.07) is 8.57. The highest BCUT2D eigenvalue weighted by Gasteiger charge is 2.28. The van der Waals surface area contributed by atoms with Crippen molar-refractivity contribution in [3.8, 4) is 0 Å². The van der Waals surface area contributed by atoms with Crippen molar-refractivity contribution in [1.29, 1.82) is 0 Å². The van der Waals surface area contributed by atoms with Gasteiger partial charge in [0.1, 0.15) is 0 Å². The van der Waals surface area contributed by atoms with E-state index in [2.05, 4.69) is 36.1 Å². The minimum absolute atomic E-state index is 0.128. The Morgan fingerprint density at radius 3 is 2.61 bits per heavy atom. The van der Waals surface area contributed by atoms with Crippen LogP contribution in [0.5, 0.6) is 0 Å². The number of rotatable bonds is 3. The Labute approximate surface area is 110 Å². The van der Waals surface area contributed by atoms with Gasteiger partial charge in [0.2, 0.25) is 0 Å². The molecule has 0 spiro atoms. The van der Waals surface area contributed by atoms with Crippen molar-refractivity contribution < 1.29 is 5.11 Å². The van der Waals surface area contributed by atoms with Crippen molar-refractivity contribution in [1.82, 2.24) is 0 Å². The highest BCUT2D eigenvalue weighted by Crippen LogP contribution is 2.26. The van der Waals surface area contributed by atoms with Gasteiger partial charge in [-0.05, 0) is 43.9 Å². The predicted molar refractivity (Wildman–Crippen MR) is 75.7 cm³/mol. The lowest BCUT2D eigenvalue weighted by Crippen LogP contribution is -2.46. The zero-order valence-electron chi connectivity index (χ0n) is 11.4. The fourth-order valence-corrected chi connectivity index (χ4v) is 2.61. The van der Waals surface area contributed by atoms with E-state index in [9.17, 15) is 5.11 Å². The van der Waals surface area contributed by atoms with Gasteiger partial charge in [-0.25, -0.2) is 0 Å². The van der Waals surface area contributed by atoms with E-state index in [1.54, 1.807) is 0 Å². The van der Waals surface area contributed by atoms with E-state index in [0.717, 1.165) is 25.8 Å². The van der Waals surface area contributed by atoms with Crippen molar-refractivity contribution in [2.45, 2.75) is 44.8 Å². The van der Waals surface area contributed by atoms with Crippen LogP contribution in [0.2, 0.25) is 0 Å². The first-order valence-corrected chi connectivity index (χ1v) is 6.85. The number of aliphatic hydroxyl groups is 1. The second-order valence-electron chi connectivity index (χ2n) is 5.63. The Hall–Kier alpha value is -1.06. The molecule has 2 unspecified atom stereocenters. The monoisotopic (exact) mass is 248 g/mol. The third-order valence-electron chi connectivity index (χ3n) is 3.80. The van der Waals surface area contributed by atoms with Gasteiger partial charge in [-0.1, -0.05) is 19.1 Å². The molecule has 3 N–H and O–H groups in total. The maximum atomic E-state index is 10.1. The molecule has 1 aliphatic rings. The Morgan fingerprint density at radius 1 is 1.39 bits per heavy atom. The van der Waals surface area contributed by atoms with Crippen LogP contribution in [0.25, 0.3) is 0 Å². The molecule has 1 aromatic carbocycles. The molecule has 1 fully saturated rings. The highest BCUT2D eigenvalue weighted by atomic mass is 16.3. The van der Waals surface area contributed by atoms with Gasteiger partial charge in [0.25, 0.3) is 0 Å². The second-order valence-corrected chi connectivity index (χ2v) is 5.63. The zero-order chi connectivity index (χ0) is 13.2. The molecule has 1 aromatic rings. The average Bonchev–Trinajstić information content (AvgIpc) is 2.37. The minimum atomic E-state index is -0.559. The van der Waals surface area contributed by atoms with Crippen LogP contribution in [0.15, 0.2) is 24.3 Å². The van der Waals surface area contributed by atoms with Crippen LogP contribution in [0.4, 0.5) is 5.69 Å². The standard InChI is InChI=1S/C15H24N2O/c1-3-14(16)12-5-7-13(8-6-12)17-10-4-9-15(2,18)11-17/h5-8,14,18H,3-4,9-11,16H2,1-2H3. The second kappa shape index (κ2) is 5.29. The molecule has 100 valence electrons. The van der Waals surface area contributed by atoms with Crippen molar-refractivity contribution in [3.05, 3.63) is 29.8 Å². The molecule has 1 aliphatic heterocycles. The van der Waals surface area contributed by atoms with Crippen LogP contribution in [0.3, 0.4) is 0 Å². The van der Waals surface area contributed by atoms with E-state index in [-0.39, 0.29) is 6.04 Å². The van der Waals surface area contributed by atoms with Gasteiger partial charge < -0.3 is 15.7 Å². The molecule has 0 amide bonds. The highest BCUT2D eigenvalue weighted by molar-refractivity contribution is 5.48. The predicted octanol–water partition coefficient (Wildman–Crippen LogP) is 2.45. The van der Waals surface area contributed by atoms with Crippen LogP contribution < -0.4 is 10.6 Å². The van der Waals surface area contributed by atoms with Crippen molar-refractivity contribution in [3.63, 3.8) is 0 Å². The maximum absolute atomic E-state index is 10.1. The summed E-state index contributed by atoms with van der Waals surface area (Å²) in [5, 5.41) is 10.1. The first-order valence-electron chi connectivity index (χ1n) is 6.85. The van der Waals surface area contributed by atoms with Crippen LogP contribution in [0, 0.1) is 0 Å². The molecule has 1 saturated heterocycles. The normalized spacial score (nSPS) is 26.1. The third-order valence-corrected chi connectivity index (χ3v) is 3.80. The molecule has 0 saturated carbocycles. The molecule has 0 aromatic heterocycles. The summed E-state index contributed by atoms with van der Waals surface area (Å²) in [5.41, 5.74) is 7.82. The van der Waals surface area contributed by atoms with Crippen molar-refractivity contribution >= 4 is 5.69 Å². The number of nitrogens with two attached hydrogens (primary N) is 1. The van der Waals surface area contributed by atoms with Crippen LogP contribution in [-0.4, -0.2) is 23.8 Å². The van der Waals surface area contributed by atoms with Gasteiger partial charge >= 0.3 is 0 Å². The molecule has 0 radical (unpaired) electrons. The molecule has 1 heterocycles. The van der Waals surface area contributed by atoms with E-state index in [1.807, 2.05) is 6.92 Å². The summed E-state index contributed by atoms with van der Waals surface area (Å²) in [5.74, 6) is 0. The first kappa shape index (κ1) is 13.4. The van der Waals surface area contributed by atoms with Crippen molar-refractivity contribution in [2.75, 3.05) is 18.0 Å². The van der Waals surface area contributed by atoms with E-state index in [4.69, 9.17) is 5.73 Å². The lowest BCUT2D eigenvalue weighted by Gasteiger charge is -2.38. The van der Waals surface area contributed by atoms with Gasteiger partial charge in [0.05, 0.1) is 5.60 Å². The zero-order valence-corrected chi connectivity index (χ0v) is 11.4. The minimum Gasteiger partial charge on any atom is -0.388 e. The van der Waals surface area contributed by atoms with E-state index in [1.165, 1.54) is 11.3 Å². The third kappa shape index (κ3) is 3.03. The number of β-amino-alcohol motifs (C(OH)–C–C–N with tert-alkyl or cyclic N) is 1. The van der Waals surface area contributed by atoms with Gasteiger partial charge in [0.15, 0.2) is 0 Å². The lowest BCUT2D eigenvalue weighted by atomic mass is 9.94. The molecular formula is C15H24N2O. The molecule has 0 aliphatic carbocycles. The summed E-state index contributed by atoms with van der Waals surface area (Å²) in [6.45, 7) is 5.75. The molecule has 3 nitrogen and oxygen atoms in total. The topological polar surface area (TPSA) is 49.5 Å². The molecule has 3 heteroatoms. The Balaban J connectivity index is 2.09. The smallest absolute Gasteiger partial charge is 0.0794 e. The summed E-state index contributed by atoms with van der Waals surface area (Å²) >= 11 is 0. The Kier molecular flexibility index (Phi) is 3.93. The largest absolute Gasteiger partial charge is 0.388 e. The summed E-state index contributed by atoms with van der Waals surface area (Å²) in [7, 11) is 0. The van der Waals surface area contributed by atoms with E-state index in [0.29, 0.717) is 6.54 Å². The SMILES string of the molecule is CCC(N)c1ccc(N2CCCC(C)(O)C2)cc1. The van der Waals surface area contributed by atoms with Crippen LogP contribution in [0.1, 0.15) is 44.7 Å². The van der Waals surface area contributed by atoms with Gasteiger partial charge in [-0.2, -0.15) is 0 Å². The van der Waals surface area contributed by atoms with Crippen LogP contribution >= 0.6 is 0 Å². The molecule has 0 bridgehead atoms. The van der Waals surface area contributed by atoms with Gasteiger partial charge in [-0.3, -0.25) is 0 Å². The number of hydrogen-bond donors (Lipinski definition) is 2. The number of benzene rings is 1. The van der Waals surface area contributed by atoms with E-state index >= 15 is 0 Å². The van der Waals surface area contributed by atoms with Crippen molar-refractivity contribution in [2.24, 2.45) is 5.73 Å². The lowest BCUT2D eigenvalue weighted by molar-refractivity contribution is 0.0449. The van der Waals surface area contributed by atoms with Gasteiger partial charge in [0, 0.05) is 24.8 Å². The quantitative estimate of drug-likeness (QED) is 0.864. The van der Waals surface area contributed by atoms with Crippen LogP contribution in [-0.2, 0) is 0 Å². The fourth-order valence-electron chi connectivity index (χ4n) is 2.61. The number of anilines is 1. The average molecular weight is 248 g/mol.